The Hall–Kier alpha value is -4.18. The molecule has 1 aliphatic rings. The molecule has 0 bridgehead atoms. The summed E-state index contributed by atoms with van der Waals surface area (Å²) in [5.74, 6) is 0. The maximum atomic E-state index is 4.92. The van der Waals surface area contributed by atoms with Crippen LogP contribution in [0.15, 0.2) is 97.1 Å². The largest absolute Gasteiger partial charge is 0.367 e. The number of anilines is 2. The standard InChI is InChI=1S/C30H24N4/c1-5-13-25-21(9-1)29(22-10-2-6-14-26(22)31-25)33-17-19-34(20-18-33)30-23-11-3-7-15-27(23)32-28-16-8-4-12-24(28)30/h1-16H,17-20H2. The van der Waals surface area contributed by atoms with E-state index in [-0.39, 0.29) is 0 Å². The molecule has 0 N–H and O–H groups in total. The molecule has 1 fully saturated rings. The molecule has 3 heterocycles. The van der Waals surface area contributed by atoms with Gasteiger partial charge in [-0.3, -0.25) is 0 Å². The molecule has 4 aromatic carbocycles. The summed E-state index contributed by atoms with van der Waals surface area (Å²) in [6.07, 6.45) is 0. The molecule has 0 amide bonds. The summed E-state index contributed by atoms with van der Waals surface area (Å²) < 4.78 is 0. The van der Waals surface area contributed by atoms with E-state index >= 15 is 0 Å². The average molecular weight is 441 g/mol. The molecular weight excluding hydrogens is 416 g/mol. The van der Waals surface area contributed by atoms with E-state index in [1.807, 2.05) is 0 Å². The van der Waals surface area contributed by atoms with Crippen molar-refractivity contribution in [2.45, 2.75) is 0 Å². The molecule has 0 spiro atoms. The molecule has 164 valence electrons. The molecule has 7 rings (SSSR count). The van der Waals surface area contributed by atoms with Crippen LogP contribution in [-0.4, -0.2) is 36.1 Å². The molecule has 2 aromatic heterocycles. The number of piperazine rings is 1. The van der Waals surface area contributed by atoms with Gasteiger partial charge >= 0.3 is 0 Å². The summed E-state index contributed by atoms with van der Waals surface area (Å²) in [5.41, 5.74) is 6.86. The molecule has 34 heavy (non-hydrogen) atoms. The molecule has 0 radical (unpaired) electrons. The Morgan fingerprint density at radius 2 is 0.647 bits per heavy atom. The third kappa shape index (κ3) is 2.99. The van der Waals surface area contributed by atoms with Crippen LogP contribution in [0.1, 0.15) is 0 Å². The summed E-state index contributed by atoms with van der Waals surface area (Å²) >= 11 is 0. The normalized spacial score (nSPS) is 14.5. The van der Waals surface area contributed by atoms with Crippen molar-refractivity contribution in [3.05, 3.63) is 97.1 Å². The third-order valence-electron chi connectivity index (χ3n) is 7.03. The summed E-state index contributed by atoms with van der Waals surface area (Å²) in [4.78, 5) is 14.9. The summed E-state index contributed by atoms with van der Waals surface area (Å²) in [7, 11) is 0. The van der Waals surface area contributed by atoms with Crippen molar-refractivity contribution in [1.29, 1.82) is 0 Å². The van der Waals surface area contributed by atoms with Gasteiger partial charge in [0, 0.05) is 47.7 Å². The summed E-state index contributed by atoms with van der Waals surface area (Å²) in [6, 6.07) is 34.1. The van der Waals surface area contributed by atoms with Gasteiger partial charge < -0.3 is 9.80 Å². The van der Waals surface area contributed by atoms with E-state index in [0.717, 1.165) is 48.2 Å². The number of hydrogen-bond donors (Lipinski definition) is 0. The molecule has 1 aliphatic heterocycles. The van der Waals surface area contributed by atoms with Crippen molar-refractivity contribution in [2.75, 3.05) is 36.0 Å². The Morgan fingerprint density at radius 3 is 0.941 bits per heavy atom. The molecule has 0 aliphatic carbocycles. The lowest BCUT2D eigenvalue weighted by Gasteiger charge is -2.39. The highest BCUT2D eigenvalue weighted by Crippen LogP contribution is 2.37. The molecule has 6 aromatic rings. The summed E-state index contributed by atoms with van der Waals surface area (Å²) in [6.45, 7) is 3.85. The van der Waals surface area contributed by atoms with Gasteiger partial charge in [0.15, 0.2) is 0 Å². The van der Waals surface area contributed by atoms with E-state index in [1.54, 1.807) is 0 Å². The molecular formula is C30H24N4. The Morgan fingerprint density at radius 1 is 0.382 bits per heavy atom. The molecule has 1 saturated heterocycles. The van der Waals surface area contributed by atoms with Gasteiger partial charge in [-0.2, -0.15) is 0 Å². The quantitative estimate of drug-likeness (QED) is 0.291. The van der Waals surface area contributed by atoms with E-state index < -0.39 is 0 Å². The maximum Gasteiger partial charge on any atom is 0.0730 e. The van der Waals surface area contributed by atoms with Gasteiger partial charge in [0.1, 0.15) is 0 Å². The first kappa shape index (κ1) is 19.3. The van der Waals surface area contributed by atoms with Gasteiger partial charge in [0.25, 0.3) is 0 Å². The minimum atomic E-state index is 0.961. The Bertz CT molecular complexity index is 1450. The Kier molecular flexibility index (Phi) is 4.37. The van der Waals surface area contributed by atoms with Crippen molar-refractivity contribution < 1.29 is 0 Å². The monoisotopic (exact) mass is 440 g/mol. The van der Waals surface area contributed by atoms with Crippen LogP contribution in [0, 0.1) is 0 Å². The lowest BCUT2D eigenvalue weighted by atomic mass is 10.0. The van der Waals surface area contributed by atoms with E-state index in [0.29, 0.717) is 0 Å². The number of para-hydroxylation sites is 4. The molecule has 0 unspecified atom stereocenters. The van der Waals surface area contributed by atoms with Crippen molar-refractivity contribution in [3.8, 4) is 0 Å². The zero-order chi connectivity index (χ0) is 22.5. The van der Waals surface area contributed by atoms with Crippen molar-refractivity contribution in [1.82, 2.24) is 9.97 Å². The van der Waals surface area contributed by atoms with Gasteiger partial charge in [-0.1, -0.05) is 72.8 Å². The Balaban J connectivity index is 1.32. The van der Waals surface area contributed by atoms with Crippen LogP contribution in [0.3, 0.4) is 0 Å². The molecule has 4 nitrogen and oxygen atoms in total. The number of fused-ring (bicyclic) bond motifs is 4. The number of benzene rings is 4. The van der Waals surface area contributed by atoms with Gasteiger partial charge in [0.05, 0.1) is 33.4 Å². The first-order valence-corrected chi connectivity index (χ1v) is 11.9. The average Bonchev–Trinajstić information content (AvgIpc) is 2.90. The highest BCUT2D eigenvalue weighted by Gasteiger charge is 2.24. The van der Waals surface area contributed by atoms with E-state index in [9.17, 15) is 0 Å². The second kappa shape index (κ2) is 7.70. The van der Waals surface area contributed by atoms with Crippen molar-refractivity contribution >= 4 is 55.0 Å². The number of nitrogens with zero attached hydrogens (tertiary/aromatic N) is 4. The fraction of sp³-hybridized carbons (Fsp3) is 0.133. The Labute approximate surface area is 198 Å². The third-order valence-corrected chi connectivity index (χ3v) is 7.03. The second-order valence-electron chi connectivity index (χ2n) is 8.96. The van der Waals surface area contributed by atoms with Crippen LogP contribution < -0.4 is 9.80 Å². The van der Waals surface area contributed by atoms with Gasteiger partial charge in [0.2, 0.25) is 0 Å². The lowest BCUT2D eigenvalue weighted by Crippen LogP contribution is -2.46. The minimum absolute atomic E-state index is 0.961. The predicted octanol–water partition coefficient (Wildman–Crippen LogP) is 6.42. The van der Waals surface area contributed by atoms with Crippen LogP contribution in [0.4, 0.5) is 11.4 Å². The SMILES string of the molecule is c1ccc2c(N3CCN(c4c5ccccc5nc5ccccc45)CC3)c3ccccc3nc2c1. The predicted molar refractivity (Wildman–Crippen MR) is 143 cm³/mol. The smallest absolute Gasteiger partial charge is 0.0730 e. The van der Waals surface area contributed by atoms with Crippen LogP contribution in [0.2, 0.25) is 0 Å². The van der Waals surface area contributed by atoms with Crippen molar-refractivity contribution in [2.24, 2.45) is 0 Å². The van der Waals surface area contributed by atoms with Crippen LogP contribution in [0.5, 0.6) is 0 Å². The topological polar surface area (TPSA) is 32.3 Å². The molecule has 0 atom stereocenters. The summed E-state index contributed by atoms with van der Waals surface area (Å²) in [5, 5.41) is 4.92. The van der Waals surface area contributed by atoms with Crippen molar-refractivity contribution in [3.63, 3.8) is 0 Å². The minimum Gasteiger partial charge on any atom is -0.367 e. The lowest BCUT2D eigenvalue weighted by molar-refractivity contribution is 0.659. The van der Waals surface area contributed by atoms with Crippen LogP contribution >= 0.6 is 0 Å². The second-order valence-corrected chi connectivity index (χ2v) is 8.96. The number of hydrogen-bond acceptors (Lipinski definition) is 4. The zero-order valence-electron chi connectivity index (χ0n) is 18.9. The zero-order valence-corrected chi connectivity index (χ0v) is 18.9. The fourth-order valence-electron chi connectivity index (χ4n) is 5.47. The van der Waals surface area contributed by atoms with Gasteiger partial charge in [-0.25, -0.2) is 9.97 Å². The molecule has 4 heteroatoms. The van der Waals surface area contributed by atoms with Crippen LogP contribution in [0.25, 0.3) is 43.6 Å². The maximum absolute atomic E-state index is 4.92. The number of rotatable bonds is 2. The van der Waals surface area contributed by atoms with E-state index in [4.69, 9.17) is 9.97 Å². The van der Waals surface area contributed by atoms with E-state index in [1.165, 1.54) is 32.9 Å². The van der Waals surface area contributed by atoms with Crippen LogP contribution in [-0.2, 0) is 0 Å². The number of pyridine rings is 2. The first-order chi connectivity index (χ1) is 16.9. The van der Waals surface area contributed by atoms with E-state index in [2.05, 4.69) is 107 Å². The van der Waals surface area contributed by atoms with Gasteiger partial charge in [-0.05, 0) is 24.3 Å². The molecule has 0 saturated carbocycles. The first-order valence-electron chi connectivity index (χ1n) is 11.9. The highest BCUT2D eigenvalue weighted by molar-refractivity contribution is 6.09. The highest BCUT2D eigenvalue weighted by atomic mass is 15.3. The fourth-order valence-corrected chi connectivity index (χ4v) is 5.47. The van der Waals surface area contributed by atoms with Gasteiger partial charge in [-0.15, -0.1) is 0 Å². The number of aromatic nitrogens is 2.